The molecule has 1 aliphatic heterocycles. The summed E-state index contributed by atoms with van der Waals surface area (Å²) >= 11 is 0. The molecule has 39 heavy (non-hydrogen) atoms. The van der Waals surface area contributed by atoms with Crippen LogP contribution in [0.3, 0.4) is 0 Å². The molecule has 2 saturated carbocycles. The van der Waals surface area contributed by atoms with E-state index in [1.807, 2.05) is 30.3 Å². The molecule has 0 amide bonds. The number of hydrogen-bond donors (Lipinski definition) is 1. The molecule has 2 aliphatic carbocycles. The van der Waals surface area contributed by atoms with Gasteiger partial charge in [0.15, 0.2) is 5.75 Å². The van der Waals surface area contributed by atoms with Crippen molar-refractivity contribution in [3.05, 3.63) is 110 Å². The number of hydrogen-bond acceptors (Lipinski definition) is 7. The third kappa shape index (κ3) is 5.37. The quantitative estimate of drug-likeness (QED) is 0.205. The van der Waals surface area contributed by atoms with Crippen LogP contribution in [-0.4, -0.2) is 41.9 Å². The smallest absolute Gasteiger partial charge is 0.317 e. The van der Waals surface area contributed by atoms with Crippen LogP contribution in [-0.2, 0) is 11.1 Å². The van der Waals surface area contributed by atoms with Crippen molar-refractivity contribution in [2.75, 3.05) is 27.2 Å². The van der Waals surface area contributed by atoms with Gasteiger partial charge in [-0.05, 0) is 62.9 Å². The van der Waals surface area contributed by atoms with Crippen molar-refractivity contribution in [2.45, 2.75) is 36.8 Å². The van der Waals surface area contributed by atoms with Crippen LogP contribution < -0.4 is 10.1 Å². The Kier molecular flexibility index (Phi) is 7.38. The zero-order chi connectivity index (χ0) is 27.6. The number of ether oxygens (including phenoxy) is 1. The molecule has 3 fully saturated rings. The Hall–Kier alpha value is -3.82. The van der Waals surface area contributed by atoms with Crippen molar-refractivity contribution in [3.63, 3.8) is 0 Å². The number of benzene rings is 3. The summed E-state index contributed by atoms with van der Waals surface area (Å²) in [6, 6.07) is 24.0. The fourth-order valence-corrected chi connectivity index (χ4v) is 5.84. The monoisotopic (exact) mass is 530 g/mol. The Bertz CT molecular complexity index is 1330. The Labute approximate surface area is 228 Å². The summed E-state index contributed by atoms with van der Waals surface area (Å²) < 4.78 is 6.25. The minimum absolute atomic E-state index is 0.0339. The van der Waals surface area contributed by atoms with Crippen LogP contribution in [0.25, 0.3) is 0 Å². The minimum Gasteiger partial charge on any atom is -0.474 e. The van der Waals surface area contributed by atoms with Crippen molar-refractivity contribution in [1.82, 2.24) is 10.2 Å². The number of nitrogens with zero attached hydrogens (tertiary/aromatic N) is 3. The topological polar surface area (TPSA) is 111 Å². The second kappa shape index (κ2) is 10.7. The number of rotatable bonds is 10. The standard InChI is InChI=1S/C18H19N3O5.C12H15N/c1-19-12-18(14-7-8-14,13-5-3-2-4-6-13)26-17-10-9-15(20(22)23)11-16(17)21(24)25;1-13-9-12(13,11-7-8-11)10-5-3-2-4-6-10/h2-6,9-11,14,19H,7-8,12H2,1H3;2-6,11H,7-9H2,1H3. The molecule has 6 rings (SSSR count). The predicted molar refractivity (Wildman–Crippen MR) is 149 cm³/mol. The summed E-state index contributed by atoms with van der Waals surface area (Å²) in [5, 5.41) is 25.5. The lowest BCUT2D eigenvalue weighted by molar-refractivity contribution is -0.395. The van der Waals surface area contributed by atoms with Crippen molar-refractivity contribution >= 4 is 11.4 Å². The summed E-state index contributed by atoms with van der Waals surface area (Å²) in [7, 11) is 4.04. The third-order valence-corrected chi connectivity index (χ3v) is 8.16. The minimum atomic E-state index is -0.767. The largest absolute Gasteiger partial charge is 0.474 e. The molecule has 1 N–H and O–H groups in total. The fourth-order valence-electron chi connectivity index (χ4n) is 5.84. The Balaban J connectivity index is 0.000000196. The van der Waals surface area contributed by atoms with Gasteiger partial charge in [-0.15, -0.1) is 0 Å². The van der Waals surface area contributed by atoms with Crippen LogP contribution >= 0.6 is 0 Å². The van der Waals surface area contributed by atoms with Crippen LogP contribution in [0.4, 0.5) is 11.4 Å². The first-order valence-corrected chi connectivity index (χ1v) is 13.4. The molecular formula is C30H34N4O5. The first-order chi connectivity index (χ1) is 18.8. The summed E-state index contributed by atoms with van der Waals surface area (Å²) in [6.45, 7) is 1.73. The number of likely N-dealkylation sites (N-methyl/N-ethyl adjacent to an activating group) is 2. The van der Waals surface area contributed by atoms with Crippen LogP contribution in [0.5, 0.6) is 5.75 Å². The van der Waals surface area contributed by atoms with Crippen molar-refractivity contribution < 1.29 is 14.6 Å². The van der Waals surface area contributed by atoms with Gasteiger partial charge < -0.3 is 10.1 Å². The summed E-state index contributed by atoms with van der Waals surface area (Å²) in [6.07, 6.45) is 4.77. The zero-order valence-corrected chi connectivity index (χ0v) is 22.3. The van der Waals surface area contributed by atoms with Crippen LogP contribution in [0.1, 0.15) is 36.8 Å². The lowest BCUT2D eigenvalue weighted by Crippen LogP contribution is -2.44. The number of nitro groups is 2. The lowest BCUT2D eigenvalue weighted by Gasteiger charge is -2.35. The van der Waals surface area contributed by atoms with Gasteiger partial charge >= 0.3 is 5.69 Å². The zero-order valence-electron chi connectivity index (χ0n) is 22.3. The molecule has 0 bridgehead atoms. The van der Waals surface area contributed by atoms with Gasteiger partial charge in [-0.3, -0.25) is 25.1 Å². The highest BCUT2D eigenvalue weighted by molar-refractivity contribution is 5.54. The molecule has 0 radical (unpaired) electrons. The van der Waals surface area contributed by atoms with Crippen LogP contribution in [0.15, 0.2) is 78.9 Å². The molecule has 3 aromatic carbocycles. The number of non-ortho nitro benzene ring substituents is 1. The summed E-state index contributed by atoms with van der Waals surface area (Å²) in [5.41, 5.74) is 1.38. The van der Waals surface area contributed by atoms with Gasteiger partial charge in [0.1, 0.15) is 5.60 Å². The second-order valence-corrected chi connectivity index (χ2v) is 10.7. The molecular weight excluding hydrogens is 496 g/mol. The maximum Gasteiger partial charge on any atom is 0.317 e. The highest BCUT2D eigenvalue weighted by atomic mass is 16.6. The molecule has 3 aliphatic rings. The average molecular weight is 531 g/mol. The lowest BCUT2D eigenvalue weighted by atomic mass is 9.88. The van der Waals surface area contributed by atoms with Crippen LogP contribution in [0.2, 0.25) is 0 Å². The Morgan fingerprint density at radius 3 is 2.05 bits per heavy atom. The van der Waals surface area contributed by atoms with Gasteiger partial charge in [-0.1, -0.05) is 60.7 Å². The maximum atomic E-state index is 11.4. The van der Waals surface area contributed by atoms with Gasteiger partial charge in [0.25, 0.3) is 5.69 Å². The summed E-state index contributed by atoms with van der Waals surface area (Å²) in [4.78, 5) is 23.6. The normalized spacial score (nSPS) is 23.1. The number of nitro benzene ring substituents is 2. The van der Waals surface area contributed by atoms with Crippen molar-refractivity contribution in [3.8, 4) is 5.75 Å². The Morgan fingerprint density at radius 2 is 1.56 bits per heavy atom. The molecule has 0 aromatic heterocycles. The van der Waals surface area contributed by atoms with E-state index in [1.165, 1.54) is 37.1 Å². The Morgan fingerprint density at radius 1 is 0.949 bits per heavy atom. The van der Waals surface area contributed by atoms with E-state index in [2.05, 4.69) is 47.6 Å². The first-order valence-electron chi connectivity index (χ1n) is 13.4. The van der Waals surface area contributed by atoms with Crippen molar-refractivity contribution in [2.24, 2.45) is 11.8 Å². The average Bonchev–Trinajstić information content (AvgIpc) is 3.80. The van der Waals surface area contributed by atoms with Crippen molar-refractivity contribution in [1.29, 1.82) is 0 Å². The maximum absolute atomic E-state index is 11.4. The van der Waals surface area contributed by atoms with E-state index in [4.69, 9.17) is 4.74 Å². The SMILES string of the molecule is CN1CC1(c1ccccc1)C1CC1.CNCC(Oc1ccc([N+](=O)[O-])cc1[N+](=O)[O-])(c1ccccc1)C1CC1. The number of nitrogens with one attached hydrogen (secondary N) is 1. The van der Waals surface area contributed by atoms with E-state index < -0.39 is 21.1 Å². The fraction of sp³-hybridized carbons (Fsp3) is 0.400. The van der Waals surface area contributed by atoms with E-state index >= 15 is 0 Å². The third-order valence-electron chi connectivity index (χ3n) is 8.16. The van der Waals surface area contributed by atoms with E-state index in [0.29, 0.717) is 12.1 Å². The van der Waals surface area contributed by atoms with E-state index in [9.17, 15) is 20.2 Å². The molecule has 9 heteroatoms. The molecule has 3 aromatic rings. The van der Waals surface area contributed by atoms with Gasteiger partial charge in [0, 0.05) is 25.1 Å². The molecule has 204 valence electrons. The van der Waals surface area contributed by atoms with E-state index in [1.54, 1.807) is 7.05 Å². The van der Waals surface area contributed by atoms with Gasteiger partial charge in [-0.25, -0.2) is 0 Å². The molecule has 9 nitrogen and oxygen atoms in total. The predicted octanol–water partition coefficient (Wildman–Crippen LogP) is 5.64. The molecule has 3 atom stereocenters. The van der Waals surface area contributed by atoms with Gasteiger partial charge in [-0.2, -0.15) is 0 Å². The second-order valence-electron chi connectivity index (χ2n) is 10.7. The van der Waals surface area contributed by atoms with E-state index in [-0.39, 0.29) is 17.4 Å². The molecule has 0 spiro atoms. The highest BCUT2D eigenvalue weighted by Gasteiger charge is 2.59. The molecule has 1 heterocycles. The summed E-state index contributed by atoms with van der Waals surface area (Å²) in [5.74, 6) is 1.19. The van der Waals surface area contributed by atoms with Crippen LogP contribution in [0, 0.1) is 32.1 Å². The van der Waals surface area contributed by atoms with Gasteiger partial charge in [0.05, 0.1) is 21.5 Å². The highest BCUT2D eigenvalue weighted by Crippen LogP contribution is 2.57. The first kappa shape index (κ1) is 26.8. The van der Waals surface area contributed by atoms with Gasteiger partial charge in [0.2, 0.25) is 0 Å². The van der Waals surface area contributed by atoms with E-state index in [0.717, 1.165) is 30.4 Å². The molecule has 1 saturated heterocycles. The molecule has 3 unspecified atom stereocenters.